The molecule has 0 spiro atoms. The van der Waals surface area contributed by atoms with Crippen molar-refractivity contribution in [2.75, 3.05) is 17.2 Å². The number of pyridine rings is 2. The van der Waals surface area contributed by atoms with E-state index in [1.807, 2.05) is 13.0 Å². The topological polar surface area (TPSA) is 119 Å². The zero-order valence-electron chi connectivity index (χ0n) is 15.2. The minimum absolute atomic E-state index is 0.0219. The molecule has 6 N–H and O–H groups in total. The van der Waals surface area contributed by atoms with Crippen LogP contribution in [0.3, 0.4) is 0 Å². The maximum absolute atomic E-state index is 14.4. The Morgan fingerprint density at radius 2 is 2.04 bits per heavy atom. The van der Waals surface area contributed by atoms with Crippen molar-refractivity contribution in [2.45, 2.75) is 33.2 Å². The predicted octanol–water partition coefficient (Wildman–Crippen LogP) is 2.55. The first kappa shape index (κ1) is 19.6. The molecule has 0 aliphatic heterocycles. The summed E-state index contributed by atoms with van der Waals surface area (Å²) in [4.78, 5) is 20.1. The Balaban J connectivity index is 2.35. The predicted molar refractivity (Wildman–Crippen MR) is 101 cm³/mol. The summed E-state index contributed by atoms with van der Waals surface area (Å²) in [5, 5.41) is 5.98. The molecule has 1 amide bonds. The third-order valence-corrected chi connectivity index (χ3v) is 3.80. The second-order valence-corrected chi connectivity index (χ2v) is 6.60. The van der Waals surface area contributed by atoms with Crippen LogP contribution in [0.1, 0.15) is 36.3 Å². The fourth-order valence-corrected chi connectivity index (χ4v) is 2.53. The summed E-state index contributed by atoms with van der Waals surface area (Å²) in [6.45, 7) is 6.31. The van der Waals surface area contributed by atoms with Crippen molar-refractivity contribution in [1.29, 1.82) is 0 Å². The Bertz CT molecular complexity index is 763. The van der Waals surface area contributed by atoms with Crippen LogP contribution >= 0.6 is 0 Å². The van der Waals surface area contributed by atoms with E-state index in [2.05, 4.69) is 34.4 Å². The highest BCUT2D eigenvalue weighted by Crippen LogP contribution is 2.24. The number of hydrogen-bond acceptors (Lipinski definition) is 6. The van der Waals surface area contributed by atoms with E-state index >= 15 is 0 Å². The molecule has 0 radical (unpaired) electrons. The number of carbonyl (C=O) groups excluding carboxylic acids is 1. The largest absolute Gasteiger partial charge is 0.365 e. The first-order valence-electron chi connectivity index (χ1n) is 8.46. The Kier molecular flexibility index (Phi) is 6.46. The third kappa shape index (κ3) is 5.13. The van der Waals surface area contributed by atoms with Crippen molar-refractivity contribution in [1.82, 2.24) is 9.97 Å². The molecule has 0 bridgehead atoms. The van der Waals surface area contributed by atoms with E-state index in [9.17, 15) is 9.18 Å². The zero-order chi connectivity index (χ0) is 19.3. The van der Waals surface area contributed by atoms with E-state index in [0.29, 0.717) is 18.2 Å². The van der Waals surface area contributed by atoms with Gasteiger partial charge in [0.25, 0.3) is 5.91 Å². The molecule has 1 atom stereocenters. The maximum Gasteiger partial charge on any atom is 0.252 e. The maximum atomic E-state index is 14.4. The van der Waals surface area contributed by atoms with Gasteiger partial charge in [-0.3, -0.25) is 9.78 Å². The summed E-state index contributed by atoms with van der Waals surface area (Å²) in [6.07, 6.45) is 2.36. The van der Waals surface area contributed by atoms with Crippen LogP contribution in [0.4, 0.5) is 21.7 Å². The first-order chi connectivity index (χ1) is 12.3. The quantitative estimate of drug-likeness (QED) is 0.574. The van der Waals surface area contributed by atoms with Gasteiger partial charge in [-0.25, -0.2) is 9.37 Å². The number of amides is 1. The van der Waals surface area contributed by atoms with Crippen LogP contribution in [0, 0.1) is 18.7 Å². The Morgan fingerprint density at radius 3 is 2.58 bits per heavy atom. The fraction of sp³-hybridized carbons (Fsp3) is 0.389. The van der Waals surface area contributed by atoms with Gasteiger partial charge < -0.3 is 22.1 Å². The minimum atomic E-state index is -0.775. The molecule has 26 heavy (non-hydrogen) atoms. The highest BCUT2D eigenvalue weighted by Gasteiger charge is 2.18. The number of nitrogens with zero attached hydrogens (tertiary/aromatic N) is 2. The Labute approximate surface area is 152 Å². The third-order valence-electron chi connectivity index (χ3n) is 3.80. The molecule has 2 aromatic heterocycles. The molecule has 0 aromatic carbocycles. The van der Waals surface area contributed by atoms with Crippen LogP contribution in [-0.2, 0) is 0 Å². The van der Waals surface area contributed by atoms with E-state index in [1.165, 1.54) is 0 Å². The molecule has 2 rings (SSSR count). The lowest BCUT2D eigenvalue weighted by Crippen LogP contribution is -2.31. The summed E-state index contributed by atoms with van der Waals surface area (Å²) < 4.78 is 14.4. The van der Waals surface area contributed by atoms with Gasteiger partial charge in [0, 0.05) is 18.3 Å². The number of anilines is 3. The SMILES string of the molecule is Cc1ccc(Nc2nc(NC(CN)CC(C)C)c(F)cc2C(N)=O)cn1. The van der Waals surface area contributed by atoms with Gasteiger partial charge in [-0.2, -0.15) is 0 Å². The van der Waals surface area contributed by atoms with Gasteiger partial charge in [-0.1, -0.05) is 13.8 Å². The average Bonchev–Trinajstić information content (AvgIpc) is 2.58. The number of primary amides is 1. The molecule has 0 saturated carbocycles. The number of carbonyl (C=O) groups is 1. The van der Waals surface area contributed by atoms with Gasteiger partial charge in [0.05, 0.1) is 17.4 Å². The normalized spacial score (nSPS) is 12.1. The highest BCUT2D eigenvalue weighted by atomic mass is 19.1. The number of nitrogens with two attached hydrogens (primary N) is 2. The van der Waals surface area contributed by atoms with E-state index in [-0.39, 0.29) is 23.2 Å². The van der Waals surface area contributed by atoms with Gasteiger partial charge in [-0.05, 0) is 37.5 Å². The van der Waals surface area contributed by atoms with Gasteiger partial charge in [0.1, 0.15) is 5.82 Å². The van der Waals surface area contributed by atoms with Gasteiger partial charge in [0.2, 0.25) is 0 Å². The Morgan fingerprint density at radius 1 is 1.31 bits per heavy atom. The molecular formula is C18H25FN6O. The second kappa shape index (κ2) is 8.57. The summed E-state index contributed by atoms with van der Waals surface area (Å²) in [7, 11) is 0. The van der Waals surface area contributed by atoms with Crippen LogP contribution in [0.5, 0.6) is 0 Å². The van der Waals surface area contributed by atoms with Crippen LogP contribution in [0.25, 0.3) is 0 Å². The van der Waals surface area contributed by atoms with Crippen molar-refractivity contribution in [3.8, 4) is 0 Å². The average molecular weight is 360 g/mol. The van der Waals surface area contributed by atoms with Gasteiger partial charge in [-0.15, -0.1) is 0 Å². The molecule has 7 nitrogen and oxygen atoms in total. The number of aryl methyl sites for hydroxylation is 1. The number of rotatable bonds is 8. The molecule has 0 saturated heterocycles. The standard InChI is InChI=1S/C18H25FN6O/c1-10(2)6-13(8-20)24-18-15(19)7-14(16(21)26)17(25-18)23-12-5-4-11(3)22-9-12/h4-5,7,9-10,13H,6,8,20H2,1-3H3,(H2,21,26)(H2,23,24,25). The van der Waals surface area contributed by atoms with Crippen LogP contribution in [0.2, 0.25) is 0 Å². The summed E-state index contributed by atoms with van der Waals surface area (Å²) in [5.41, 5.74) is 12.5. The Hall–Kier alpha value is -2.74. The van der Waals surface area contributed by atoms with Crippen LogP contribution in [-0.4, -0.2) is 28.5 Å². The van der Waals surface area contributed by atoms with Crippen molar-refractivity contribution < 1.29 is 9.18 Å². The van der Waals surface area contributed by atoms with Crippen molar-refractivity contribution in [3.63, 3.8) is 0 Å². The van der Waals surface area contributed by atoms with Crippen LogP contribution < -0.4 is 22.1 Å². The number of hydrogen-bond donors (Lipinski definition) is 4. The summed E-state index contributed by atoms with van der Waals surface area (Å²) in [6, 6.07) is 4.53. The number of halogens is 1. The van der Waals surface area contributed by atoms with E-state index < -0.39 is 11.7 Å². The van der Waals surface area contributed by atoms with E-state index in [4.69, 9.17) is 11.5 Å². The summed E-state index contributed by atoms with van der Waals surface area (Å²) >= 11 is 0. The number of nitrogens with one attached hydrogen (secondary N) is 2. The molecule has 2 aromatic rings. The monoisotopic (exact) mass is 360 g/mol. The van der Waals surface area contributed by atoms with Gasteiger partial charge >= 0.3 is 0 Å². The highest BCUT2D eigenvalue weighted by molar-refractivity contribution is 5.98. The van der Waals surface area contributed by atoms with Crippen molar-refractivity contribution >= 4 is 23.2 Å². The van der Waals surface area contributed by atoms with Crippen molar-refractivity contribution in [3.05, 3.63) is 41.5 Å². The van der Waals surface area contributed by atoms with Crippen LogP contribution in [0.15, 0.2) is 24.4 Å². The molecule has 140 valence electrons. The fourth-order valence-electron chi connectivity index (χ4n) is 2.53. The lowest BCUT2D eigenvalue weighted by atomic mass is 10.0. The smallest absolute Gasteiger partial charge is 0.252 e. The summed E-state index contributed by atoms with van der Waals surface area (Å²) in [5.74, 6) is -0.863. The molecule has 0 aliphatic rings. The minimum Gasteiger partial charge on any atom is -0.365 e. The van der Waals surface area contributed by atoms with Gasteiger partial charge in [0.15, 0.2) is 11.6 Å². The molecular weight excluding hydrogens is 335 g/mol. The molecule has 0 fully saturated rings. The lowest BCUT2D eigenvalue weighted by molar-refractivity contribution is 0.100. The zero-order valence-corrected chi connectivity index (χ0v) is 15.2. The molecule has 0 aliphatic carbocycles. The van der Waals surface area contributed by atoms with Crippen molar-refractivity contribution in [2.24, 2.45) is 17.4 Å². The molecule has 1 unspecified atom stereocenters. The molecule has 8 heteroatoms. The molecule has 2 heterocycles. The van der Waals surface area contributed by atoms with E-state index in [1.54, 1.807) is 12.3 Å². The van der Waals surface area contributed by atoms with E-state index in [0.717, 1.165) is 18.2 Å². The lowest BCUT2D eigenvalue weighted by Gasteiger charge is -2.21. The number of aromatic nitrogens is 2. The second-order valence-electron chi connectivity index (χ2n) is 6.60. The first-order valence-corrected chi connectivity index (χ1v) is 8.46.